The molecule has 2 aromatic heterocycles. The van der Waals surface area contributed by atoms with Crippen LogP contribution in [-0.2, 0) is 6.54 Å². The van der Waals surface area contributed by atoms with E-state index < -0.39 is 0 Å². The van der Waals surface area contributed by atoms with Gasteiger partial charge in [0.15, 0.2) is 5.13 Å². The number of fused-ring (bicyclic) bond motifs is 1. The van der Waals surface area contributed by atoms with Crippen molar-refractivity contribution in [3.05, 3.63) is 43.0 Å². The lowest BCUT2D eigenvalue weighted by Gasteiger charge is -2.34. The van der Waals surface area contributed by atoms with Crippen molar-refractivity contribution in [1.82, 2.24) is 19.9 Å². The topological polar surface area (TPSA) is 46.0 Å². The summed E-state index contributed by atoms with van der Waals surface area (Å²) in [5, 5.41) is 5.02. The average Bonchev–Trinajstić information content (AvgIpc) is 3.31. The lowest BCUT2D eigenvalue weighted by atomic mass is 10.0. The van der Waals surface area contributed by atoms with Crippen molar-refractivity contribution in [1.29, 1.82) is 0 Å². The fourth-order valence-corrected chi connectivity index (χ4v) is 4.53. The van der Waals surface area contributed by atoms with Crippen molar-refractivity contribution in [2.75, 3.05) is 18.0 Å². The highest BCUT2D eigenvalue weighted by molar-refractivity contribution is 7.22. The van der Waals surface area contributed by atoms with Crippen LogP contribution in [0.4, 0.5) is 5.13 Å². The van der Waals surface area contributed by atoms with Gasteiger partial charge in [0.2, 0.25) is 0 Å². The molecule has 1 aromatic carbocycles. The molecule has 0 radical (unpaired) electrons. The summed E-state index contributed by atoms with van der Waals surface area (Å²) in [6.45, 7) is 5.41. The normalized spacial score (nSPS) is 17.2. The molecule has 0 saturated carbocycles. The van der Waals surface area contributed by atoms with Crippen LogP contribution in [0.15, 0.2) is 43.0 Å². The number of imidazole rings is 1. The third-order valence-corrected chi connectivity index (χ3v) is 6.10. The van der Waals surface area contributed by atoms with E-state index in [1.165, 1.54) is 22.7 Å². The van der Waals surface area contributed by atoms with Crippen molar-refractivity contribution in [2.45, 2.75) is 44.8 Å². The molecule has 1 unspecified atom stereocenters. The number of thiazole rings is 1. The molecule has 0 spiro atoms. The number of nitrogens with zero attached hydrogens (tertiary/aromatic N) is 4. The van der Waals surface area contributed by atoms with Crippen molar-refractivity contribution < 1.29 is 0 Å². The first kappa shape index (κ1) is 16.5. The predicted octanol–water partition coefficient (Wildman–Crippen LogP) is 3.53. The van der Waals surface area contributed by atoms with E-state index in [1.54, 1.807) is 0 Å². The fourth-order valence-electron chi connectivity index (χ4n) is 3.51. The van der Waals surface area contributed by atoms with Gasteiger partial charge in [-0.1, -0.05) is 30.4 Å². The lowest BCUT2D eigenvalue weighted by molar-refractivity contribution is 0.336. The molecule has 6 heteroatoms. The second kappa shape index (κ2) is 7.54. The van der Waals surface area contributed by atoms with Crippen LogP contribution in [0.2, 0.25) is 0 Å². The molecule has 1 atom stereocenters. The summed E-state index contributed by atoms with van der Waals surface area (Å²) < 4.78 is 3.45. The van der Waals surface area contributed by atoms with Crippen LogP contribution in [-0.4, -0.2) is 39.7 Å². The van der Waals surface area contributed by atoms with Gasteiger partial charge < -0.3 is 14.8 Å². The lowest BCUT2D eigenvalue weighted by Crippen LogP contribution is -2.47. The maximum absolute atomic E-state index is 4.80. The van der Waals surface area contributed by atoms with Gasteiger partial charge in [-0.05, 0) is 31.4 Å². The van der Waals surface area contributed by atoms with Crippen LogP contribution in [0.3, 0.4) is 0 Å². The zero-order chi connectivity index (χ0) is 17.1. The minimum atomic E-state index is 0.508. The van der Waals surface area contributed by atoms with Gasteiger partial charge in [-0.3, -0.25) is 0 Å². The van der Waals surface area contributed by atoms with E-state index in [2.05, 4.69) is 51.0 Å². The summed E-state index contributed by atoms with van der Waals surface area (Å²) >= 11 is 1.81. The number of anilines is 1. The Bertz CT molecular complexity index is 756. The first-order chi connectivity index (χ1) is 12.3. The molecule has 1 N–H and O–H groups in total. The number of rotatable bonds is 6. The molecule has 0 aliphatic carbocycles. The summed E-state index contributed by atoms with van der Waals surface area (Å²) in [5.41, 5.74) is 1.12. The minimum Gasteiger partial charge on any atom is -0.348 e. The average molecular weight is 356 g/mol. The number of hydrogen-bond acceptors (Lipinski definition) is 5. The number of para-hydroxylation sites is 1. The quantitative estimate of drug-likeness (QED) is 0.735. The SMILES string of the molecule is CCC(Cn1ccnc1)NC1CCN(c2nc3ccccc3s2)CC1. The second-order valence-corrected chi connectivity index (χ2v) is 7.77. The summed E-state index contributed by atoms with van der Waals surface area (Å²) in [4.78, 5) is 11.4. The maximum atomic E-state index is 4.80. The standard InChI is InChI=1S/C19H25N5S/c1-2-15(13-23-12-9-20-14-23)21-16-7-10-24(11-8-16)19-22-17-5-3-4-6-18(17)25-19/h3-6,9,12,14-16,21H,2,7-8,10-11,13H2,1H3. The summed E-state index contributed by atoms with van der Waals surface area (Å²) in [6.07, 6.45) is 9.28. The molecular weight excluding hydrogens is 330 g/mol. The number of nitrogens with one attached hydrogen (secondary N) is 1. The molecule has 1 fully saturated rings. The van der Waals surface area contributed by atoms with Crippen LogP contribution < -0.4 is 10.2 Å². The van der Waals surface area contributed by atoms with Gasteiger partial charge in [-0.15, -0.1) is 0 Å². The first-order valence-electron chi connectivity index (χ1n) is 9.14. The van der Waals surface area contributed by atoms with E-state index in [9.17, 15) is 0 Å². The molecule has 5 nitrogen and oxygen atoms in total. The minimum absolute atomic E-state index is 0.508. The Hall–Kier alpha value is -1.92. The van der Waals surface area contributed by atoms with Crippen molar-refractivity contribution in [2.24, 2.45) is 0 Å². The molecule has 1 aliphatic heterocycles. The Labute approximate surface area is 152 Å². The smallest absolute Gasteiger partial charge is 0.186 e. The van der Waals surface area contributed by atoms with Gasteiger partial charge in [0.25, 0.3) is 0 Å². The van der Waals surface area contributed by atoms with Crippen molar-refractivity contribution >= 4 is 26.7 Å². The molecule has 3 heterocycles. The third kappa shape index (κ3) is 3.85. The molecule has 0 amide bonds. The second-order valence-electron chi connectivity index (χ2n) is 6.76. The van der Waals surface area contributed by atoms with E-state index in [0.717, 1.165) is 31.6 Å². The van der Waals surface area contributed by atoms with Gasteiger partial charge in [-0.2, -0.15) is 0 Å². The molecule has 4 rings (SSSR count). The molecule has 1 saturated heterocycles. The Morgan fingerprint density at radius 1 is 1.28 bits per heavy atom. The molecule has 0 bridgehead atoms. The van der Waals surface area contributed by atoms with Gasteiger partial charge in [0.1, 0.15) is 0 Å². The van der Waals surface area contributed by atoms with Crippen molar-refractivity contribution in [3.63, 3.8) is 0 Å². The van der Waals surface area contributed by atoms with E-state index >= 15 is 0 Å². The van der Waals surface area contributed by atoms with Crippen LogP contribution in [0.25, 0.3) is 10.2 Å². The van der Waals surface area contributed by atoms with Gasteiger partial charge in [0, 0.05) is 44.1 Å². The summed E-state index contributed by atoms with van der Waals surface area (Å²) in [6, 6.07) is 9.52. The molecule has 3 aromatic rings. The highest BCUT2D eigenvalue weighted by Crippen LogP contribution is 2.30. The number of hydrogen-bond donors (Lipinski definition) is 1. The Morgan fingerprint density at radius 3 is 2.84 bits per heavy atom. The highest BCUT2D eigenvalue weighted by Gasteiger charge is 2.23. The Morgan fingerprint density at radius 2 is 2.12 bits per heavy atom. The summed E-state index contributed by atoms with van der Waals surface area (Å²) in [5.74, 6) is 0. The molecule has 132 valence electrons. The van der Waals surface area contributed by atoms with Crippen molar-refractivity contribution in [3.8, 4) is 0 Å². The molecular formula is C19H25N5S. The monoisotopic (exact) mass is 355 g/mol. The predicted molar refractivity (Wildman–Crippen MR) is 104 cm³/mol. The fraction of sp³-hybridized carbons (Fsp3) is 0.474. The maximum Gasteiger partial charge on any atom is 0.186 e. The van der Waals surface area contributed by atoms with E-state index in [-0.39, 0.29) is 0 Å². The highest BCUT2D eigenvalue weighted by atomic mass is 32.1. The van der Waals surface area contributed by atoms with Crippen LogP contribution in [0.5, 0.6) is 0 Å². The largest absolute Gasteiger partial charge is 0.348 e. The summed E-state index contributed by atoms with van der Waals surface area (Å²) in [7, 11) is 0. The van der Waals surface area contributed by atoms with E-state index in [0.29, 0.717) is 12.1 Å². The zero-order valence-electron chi connectivity index (χ0n) is 14.6. The Kier molecular flexibility index (Phi) is 4.99. The number of benzene rings is 1. The van der Waals surface area contributed by atoms with Gasteiger partial charge in [-0.25, -0.2) is 9.97 Å². The zero-order valence-corrected chi connectivity index (χ0v) is 15.5. The first-order valence-corrected chi connectivity index (χ1v) is 9.96. The van der Waals surface area contributed by atoms with Crippen LogP contribution in [0, 0.1) is 0 Å². The third-order valence-electron chi connectivity index (χ3n) is 5.00. The van der Waals surface area contributed by atoms with E-state index in [1.807, 2.05) is 30.1 Å². The molecule has 1 aliphatic rings. The van der Waals surface area contributed by atoms with E-state index in [4.69, 9.17) is 4.98 Å². The van der Waals surface area contributed by atoms with Crippen LogP contribution in [0.1, 0.15) is 26.2 Å². The number of piperidine rings is 1. The Balaban J connectivity index is 1.33. The molecule has 25 heavy (non-hydrogen) atoms. The number of aromatic nitrogens is 3. The van der Waals surface area contributed by atoms with Crippen LogP contribution >= 0.6 is 11.3 Å². The van der Waals surface area contributed by atoms with Gasteiger partial charge >= 0.3 is 0 Å². The van der Waals surface area contributed by atoms with Gasteiger partial charge in [0.05, 0.1) is 16.5 Å².